The van der Waals surface area contributed by atoms with Crippen LogP contribution in [0.4, 0.5) is 19.0 Å². The summed E-state index contributed by atoms with van der Waals surface area (Å²) < 4.78 is 43.5. The van der Waals surface area contributed by atoms with Crippen LogP contribution >= 0.6 is 12.4 Å². The molecule has 0 spiro atoms. The zero-order valence-corrected chi connectivity index (χ0v) is 16.6. The molecule has 8 nitrogen and oxygen atoms in total. The van der Waals surface area contributed by atoms with E-state index in [-0.39, 0.29) is 46.5 Å². The molecule has 4 rings (SSSR count). The summed E-state index contributed by atoms with van der Waals surface area (Å²) in [4.78, 5) is 29.8. The minimum absolute atomic E-state index is 0. The van der Waals surface area contributed by atoms with Crippen molar-refractivity contribution in [2.75, 3.05) is 18.0 Å². The molecule has 1 aliphatic rings. The minimum atomic E-state index is -1.57. The molecule has 1 aromatic carbocycles. The summed E-state index contributed by atoms with van der Waals surface area (Å²) in [6.07, 6.45) is 1.52. The summed E-state index contributed by atoms with van der Waals surface area (Å²) in [5.41, 5.74) is 3.82. The van der Waals surface area contributed by atoms with E-state index in [2.05, 4.69) is 4.98 Å². The molecule has 0 aliphatic carbocycles. The lowest BCUT2D eigenvalue weighted by atomic mass is 10.1. The molecule has 31 heavy (non-hydrogen) atoms. The maximum atomic E-state index is 14.7. The van der Waals surface area contributed by atoms with Crippen molar-refractivity contribution in [3.63, 3.8) is 0 Å². The van der Waals surface area contributed by atoms with E-state index in [1.807, 2.05) is 0 Å². The van der Waals surface area contributed by atoms with Crippen molar-refractivity contribution in [1.82, 2.24) is 9.55 Å². The van der Waals surface area contributed by atoms with Gasteiger partial charge in [0, 0.05) is 31.4 Å². The second kappa shape index (κ2) is 8.92. The average Bonchev–Trinajstić information content (AvgIpc) is 3.08. The first kappa shape index (κ1) is 24.1. The maximum Gasteiger partial charge on any atom is 0.341 e. The number of carboxylic acids is 1. The van der Waals surface area contributed by atoms with Crippen LogP contribution in [0.5, 0.6) is 0 Å². The molecular weight excluding hydrogens is 441 g/mol. The Balaban J connectivity index is 0.00000171. The van der Waals surface area contributed by atoms with Crippen LogP contribution in [0.2, 0.25) is 0 Å². The van der Waals surface area contributed by atoms with Crippen LogP contribution in [0.25, 0.3) is 16.7 Å². The van der Waals surface area contributed by atoms with Crippen LogP contribution in [-0.4, -0.2) is 45.2 Å². The first-order chi connectivity index (χ1) is 13.8. The second-order valence-electron chi connectivity index (χ2n) is 6.80. The lowest BCUT2D eigenvalue weighted by molar-refractivity contribution is 0.0695. The van der Waals surface area contributed by atoms with Gasteiger partial charge in [-0.1, -0.05) is 0 Å². The second-order valence-corrected chi connectivity index (χ2v) is 6.80. The molecular formula is C19H18ClF3N4O4. The van der Waals surface area contributed by atoms with Crippen molar-refractivity contribution >= 4 is 35.2 Å². The third-order valence-corrected chi connectivity index (χ3v) is 4.84. The van der Waals surface area contributed by atoms with E-state index in [0.29, 0.717) is 25.6 Å². The number of pyridine rings is 2. The zero-order chi connectivity index (χ0) is 20.9. The summed E-state index contributed by atoms with van der Waals surface area (Å²) >= 11 is 0. The highest BCUT2D eigenvalue weighted by Gasteiger charge is 2.26. The predicted octanol–water partition coefficient (Wildman–Crippen LogP) is 1.64. The molecule has 12 heteroatoms. The number of carbonyl (C=O) groups is 1. The monoisotopic (exact) mass is 458 g/mol. The normalized spacial score (nSPS) is 15.5. The number of anilines is 1. The highest BCUT2D eigenvalue weighted by Crippen LogP contribution is 2.26. The topological polar surface area (TPSA) is 133 Å². The number of aromatic carboxylic acids is 1. The Hall–Kier alpha value is -3.15. The van der Waals surface area contributed by atoms with Crippen LogP contribution in [0.15, 0.2) is 35.3 Å². The first-order valence-corrected chi connectivity index (χ1v) is 8.71. The Morgan fingerprint density at radius 3 is 2.48 bits per heavy atom. The van der Waals surface area contributed by atoms with Gasteiger partial charge in [0.15, 0.2) is 17.3 Å². The lowest BCUT2D eigenvalue weighted by Gasteiger charge is -2.19. The summed E-state index contributed by atoms with van der Waals surface area (Å²) in [7, 11) is 0. The summed E-state index contributed by atoms with van der Waals surface area (Å²) in [6, 6.07) is 3.39. The molecule has 3 aromatic rings. The van der Waals surface area contributed by atoms with Crippen molar-refractivity contribution in [1.29, 1.82) is 0 Å². The van der Waals surface area contributed by atoms with Crippen molar-refractivity contribution in [2.45, 2.75) is 12.5 Å². The molecule has 5 N–H and O–H groups in total. The predicted molar refractivity (Wildman–Crippen MR) is 110 cm³/mol. The summed E-state index contributed by atoms with van der Waals surface area (Å²) in [5, 5.41) is 9.00. The third kappa shape index (κ3) is 4.20. The fourth-order valence-electron chi connectivity index (χ4n) is 3.43. The largest absolute Gasteiger partial charge is 0.477 e. The number of aromatic nitrogens is 2. The lowest BCUT2D eigenvalue weighted by Crippen LogP contribution is -2.28. The van der Waals surface area contributed by atoms with E-state index in [4.69, 9.17) is 5.73 Å². The highest BCUT2D eigenvalue weighted by atomic mass is 35.5. The number of hydrogen-bond donors (Lipinski definition) is 2. The Kier molecular flexibility index (Phi) is 6.94. The molecule has 1 saturated heterocycles. The fourth-order valence-corrected chi connectivity index (χ4v) is 3.43. The van der Waals surface area contributed by atoms with E-state index in [1.165, 1.54) is 0 Å². The van der Waals surface area contributed by atoms with Crippen LogP contribution in [0.1, 0.15) is 16.8 Å². The molecule has 2 aromatic heterocycles. The van der Waals surface area contributed by atoms with Crippen LogP contribution in [0.3, 0.4) is 0 Å². The first-order valence-electron chi connectivity index (χ1n) is 8.71. The Bertz CT molecular complexity index is 1220. The highest BCUT2D eigenvalue weighted by molar-refractivity contribution is 5.92. The average molecular weight is 459 g/mol. The van der Waals surface area contributed by atoms with Gasteiger partial charge in [-0.15, -0.1) is 12.4 Å². The molecule has 1 atom stereocenters. The Morgan fingerprint density at radius 1 is 1.19 bits per heavy atom. The molecule has 1 aliphatic heterocycles. The number of nitrogens with zero attached hydrogens (tertiary/aromatic N) is 3. The van der Waals surface area contributed by atoms with Crippen LogP contribution < -0.4 is 16.1 Å². The van der Waals surface area contributed by atoms with Gasteiger partial charge in [0.05, 0.1) is 11.1 Å². The summed E-state index contributed by atoms with van der Waals surface area (Å²) in [6.45, 7) is 0.788. The minimum Gasteiger partial charge on any atom is -0.477 e. The van der Waals surface area contributed by atoms with Gasteiger partial charge in [-0.2, -0.15) is 0 Å². The van der Waals surface area contributed by atoms with Crippen molar-refractivity contribution in [2.24, 2.45) is 5.73 Å². The van der Waals surface area contributed by atoms with Gasteiger partial charge < -0.3 is 21.2 Å². The smallest absolute Gasteiger partial charge is 0.341 e. The number of nitrogens with two attached hydrogens (primary N) is 1. The molecule has 3 heterocycles. The standard InChI is InChI=1S/C19H15F3N4O3.ClH.H2O/c20-9-1-2-15(13(21)5-9)26-8-12(19(28)29)16(27)11-6-14(22)18(24-17(11)26)25-4-3-10(23)7-25;;/h1-2,5-6,8,10H,3-4,7,23H2,(H,28,29);1H;1H2. The van der Waals surface area contributed by atoms with Gasteiger partial charge in [-0.3, -0.25) is 9.36 Å². The van der Waals surface area contributed by atoms with Crippen LogP contribution in [-0.2, 0) is 0 Å². The van der Waals surface area contributed by atoms with Crippen molar-refractivity contribution < 1.29 is 28.5 Å². The Morgan fingerprint density at radius 2 is 1.90 bits per heavy atom. The molecule has 0 saturated carbocycles. The summed E-state index contributed by atoms with van der Waals surface area (Å²) in [5.74, 6) is -4.30. The number of rotatable bonds is 3. The van der Waals surface area contributed by atoms with Crippen LogP contribution in [0, 0.1) is 17.5 Å². The molecule has 0 amide bonds. The van der Waals surface area contributed by atoms with Crippen molar-refractivity contribution in [3.05, 3.63) is 63.7 Å². The van der Waals surface area contributed by atoms with E-state index in [9.17, 15) is 27.9 Å². The molecule has 1 unspecified atom stereocenters. The number of halogens is 4. The third-order valence-electron chi connectivity index (χ3n) is 4.84. The van der Waals surface area contributed by atoms with Gasteiger partial charge in [0.2, 0.25) is 5.43 Å². The zero-order valence-electron chi connectivity index (χ0n) is 15.8. The fraction of sp³-hybridized carbons (Fsp3) is 0.211. The van der Waals surface area contributed by atoms with E-state index in [0.717, 1.165) is 29.0 Å². The molecule has 0 radical (unpaired) electrons. The molecule has 166 valence electrons. The van der Waals surface area contributed by atoms with Gasteiger partial charge in [0.1, 0.15) is 17.2 Å². The van der Waals surface area contributed by atoms with Gasteiger partial charge in [-0.25, -0.2) is 22.9 Å². The number of fused-ring (bicyclic) bond motifs is 1. The number of benzene rings is 1. The van der Waals surface area contributed by atoms with E-state index in [1.54, 1.807) is 4.90 Å². The van der Waals surface area contributed by atoms with Gasteiger partial charge in [0.25, 0.3) is 0 Å². The Labute approximate surface area is 179 Å². The maximum absolute atomic E-state index is 14.7. The van der Waals surface area contributed by atoms with Gasteiger partial charge in [-0.05, 0) is 24.6 Å². The number of hydrogen-bond acceptors (Lipinski definition) is 5. The van der Waals surface area contributed by atoms with E-state index >= 15 is 0 Å². The van der Waals surface area contributed by atoms with Crippen molar-refractivity contribution in [3.8, 4) is 5.69 Å². The quantitative estimate of drug-likeness (QED) is 0.613. The number of carboxylic acid groups (broad SMARTS) is 1. The van der Waals surface area contributed by atoms with E-state index < -0.39 is 34.4 Å². The van der Waals surface area contributed by atoms with Gasteiger partial charge >= 0.3 is 5.97 Å². The molecule has 0 bridgehead atoms. The SMILES string of the molecule is Cl.NC1CCN(c2nc3c(cc2F)c(=O)c(C(=O)O)cn3-c2ccc(F)cc2F)C1.O. The molecule has 1 fully saturated rings.